The quantitative estimate of drug-likeness (QED) is 0.723. The van der Waals surface area contributed by atoms with Crippen LogP contribution in [0.2, 0.25) is 0 Å². The number of amides is 2. The van der Waals surface area contributed by atoms with Crippen LogP contribution in [-0.4, -0.2) is 51.6 Å². The van der Waals surface area contributed by atoms with Crippen LogP contribution in [0.25, 0.3) is 11.2 Å². The second-order valence-corrected chi connectivity index (χ2v) is 7.55. The van der Waals surface area contributed by atoms with E-state index in [2.05, 4.69) is 15.3 Å². The third-order valence-electron chi connectivity index (χ3n) is 5.50. The number of urea groups is 1. The summed E-state index contributed by atoms with van der Waals surface area (Å²) in [4.78, 5) is 38.3. The van der Waals surface area contributed by atoms with Crippen molar-refractivity contribution < 1.29 is 4.79 Å². The molecule has 4 rings (SSSR count). The normalized spacial score (nSPS) is 14.2. The maximum absolute atomic E-state index is 13.0. The van der Waals surface area contributed by atoms with Gasteiger partial charge in [0.25, 0.3) is 5.56 Å². The molecule has 0 atom stereocenters. The first-order chi connectivity index (χ1) is 14.5. The van der Waals surface area contributed by atoms with Crippen LogP contribution in [0, 0.1) is 13.8 Å². The molecule has 1 aliphatic heterocycles. The van der Waals surface area contributed by atoms with E-state index in [9.17, 15) is 9.59 Å². The summed E-state index contributed by atoms with van der Waals surface area (Å²) < 4.78 is 1.65. The van der Waals surface area contributed by atoms with Crippen molar-refractivity contribution in [2.45, 2.75) is 27.3 Å². The molecule has 8 heteroatoms. The van der Waals surface area contributed by atoms with Crippen LogP contribution >= 0.6 is 0 Å². The molecular weight excluding hydrogens is 380 g/mol. The molecule has 2 amide bonds. The fraction of sp³-hybridized carbons (Fsp3) is 0.364. The van der Waals surface area contributed by atoms with Gasteiger partial charge >= 0.3 is 6.03 Å². The topological polar surface area (TPSA) is 83.4 Å². The summed E-state index contributed by atoms with van der Waals surface area (Å²) >= 11 is 0. The number of hydrogen-bond acceptors (Lipinski definition) is 5. The standard InChI is InChI=1S/C22H26N6O2/c1-4-28-19-17(6-5-9-23-19)24-20(21(28)29)26-10-12-27(13-11-26)22(30)25-18-14-15(2)7-8-16(18)3/h5-9,14H,4,10-13H2,1-3H3,(H,25,30). The molecule has 3 heterocycles. The van der Waals surface area contributed by atoms with Crippen LogP contribution in [0.1, 0.15) is 18.1 Å². The van der Waals surface area contributed by atoms with Gasteiger partial charge in [-0.05, 0) is 50.1 Å². The van der Waals surface area contributed by atoms with Gasteiger partial charge in [-0.25, -0.2) is 14.8 Å². The van der Waals surface area contributed by atoms with Gasteiger partial charge in [-0.2, -0.15) is 0 Å². The largest absolute Gasteiger partial charge is 0.348 e. The summed E-state index contributed by atoms with van der Waals surface area (Å²) in [5.74, 6) is 0.423. The molecule has 30 heavy (non-hydrogen) atoms. The molecule has 8 nitrogen and oxygen atoms in total. The van der Waals surface area contributed by atoms with Crippen molar-refractivity contribution in [3.8, 4) is 0 Å². The molecule has 0 aliphatic carbocycles. The predicted octanol–water partition coefficient (Wildman–Crippen LogP) is 2.78. The summed E-state index contributed by atoms with van der Waals surface area (Å²) in [6.45, 7) is 8.59. The van der Waals surface area contributed by atoms with Gasteiger partial charge in [0, 0.05) is 44.6 Å². The molecule has 0 unspecified atom stereocenters. The first-order valence-corrected chi connectivity index (χ1v) is 10.2. The Hall–Kier alpha value is -3.42. The number of aryl methyl sites for hydroxylation is 3. The zero-order valence-electron chi connectivity index (χ0n) is 17.6. The highest BCUT2D eigenvalue weighted by molar-refractivity contribution is 5.90. The number of carbonyl (C=O) groups is 1. The van der Waals surface area contributed by atoms with Crippen molar-refractivity contribution in [2.75, 3.05) is 36.4 Å². The van der Waals surface area contributed by atoms with Crippen LogP contribution in [0.5, 0.6) is 0 Å². The lowest BCUT2D eigenvalue weighted by atomic mass is 10.1. The number of piperazine rings is 1. The van der Waals surface area contributed by atoms with Crippen LogP contribution in [0.15, 0.2) is 41.3 Å². The van der Waals surface area contributed by atoms with Crippen LogP contribution < -0.4 is 15.8 Å². The van der Waals surface area contributed by atoms with E-state index >= 15 is 0 Å². The van der Waals surface area contributed by atoms with Gasteiger partial charge in [0.1, 0.15) is 5.52 Å². The molecular formula is C22H26N6O2. The first kappa shape index (κ1) is 19.9. The number of benzene rings is 1. The molecule has 1 fully saturated rings. The zero-order valence-corrected chi connectivity index (χ0v) is 17.6. The van der Waals surface area contributed by atoms with E-state index in [1.165, 1.54) is 0 Å². The third-order valence-corrected chi connectivity index (χ3v) is 5.50. The Morgan fingerprint density at radius 2 is 1.90 bits per heavy atom. The Bertz CT molecular complexity index is 1150. The fourth-order valence-electron chi connectivity index (χ4n) is 3.75. The van der Waals surface area contributed by atoms with E-state index in [1.54, 1.807) is 15.7 Å². The third kappa shape index (κ3) is 3.72. The minimum Gasteiger partial charge on any atom is -0.348 e. The molecule has 2 aromatic heterocycles. The van der Waals surface area contributed by atoms with Gasteiger partial charge in [0.15, 0.2) is 11.5 Å². The summed E-state index contributed by atoms with van der Waals surface area (Å²) in [6, 6.07) is 9.57. The van der Waals surface area contributed by atoms with Crippen molar-refractivity contribution in [2.24, 2.45) is 0 Å². The number of aromatic nitrogens is 3. The Balaban J connectivity index is 1.50. The highest BCUT2D eigenvalue weighted by atomic mass is 16.2. The lowest BCUT2D eigenvalue weighted by Gasteiger charge is -2.35. The molecule has 0 saturated carbocycles. The van der Waals surface area contributed by atoms with Gasteiger partial charge < -0.3 is 15.1 Å². The molecule has 1 saturated heterocycles. The summed E-state index contributed by atoms with van der Waals surface area (Å²) in [5.41, 5.74) is 4.12. The molecule has 0 bridgehead atoms. The second kappa shape index (κ2) is 8.14. The molecule has 0 spiro atoms. The second-order valence-electron chi connectivity index (χ2n) is 7.55. The Labute approximate surface area is 175 Å². The Kier molecular flexibility index (Phi) is 5.39. The van der Waals surface area contributed by atoms with Crippen LogP contribution in [0.4, 0.5) is 16.3 Å². The molecule has 0 radical (unpaired) electrons. The lowest BCUT2D eigenvalue weighted by molar-refractivity contribution is 0.208. The number of anilines is 2. The average Bonchev–Trinajstić information content (AvgIpc) is 2.76. The van der Waals surface area contributed by atoms with Crippen molar-refractivity contribution >= 4 is 28.7 Å². The van der Waals surface area contributed by atoms with Crippen LogP contribution in [-0.2, 0) is 6.54 Å². The lowest BCUT2D eigenvalue weighted by Crippen LogP contribution is -2.51. The highest BCUT2D eigenvalue weighted by Gasteiger charge is 2.25. The van der Waals surface area contributed by atoms with E-state index in [1.807, 2.05) is 56.0 Å². The highest BCUT2D eigenvalue weighted by Crippen LogP contribution is 2.18. The summed E-state index contributed by atoms with van der Waals surface area (Å²) in [7, 11) is 0. The predicted molar refractivity (Wildman–Crippen MR) is 118 cm³/mol. The minimum atomic E-state index is -0.142. The van der Waals surface area contributed by atoms with Gasteiger partial charge in [-0.15, -0.1) is 0 Å². The monoisotopic (exact) mass is 406 g/mol. The van der Waals surface area contributed by atoms with E-state index < -0.39 is 0 Å². The Morgan fingerprint density at radius 3 is 2.63 bits per heavy atom. The number of nitrogens with one attached hydrogen (secondary N) is 1. The maximum atomic E-state index is 13.0. The summed E-state index contributed by atoms with van der Waals surface area (Å²) in [5, 5.41) is 3.01. The van der Waals surface area contributed by atoms with E-state index in [0.29, 0.717) is 49.7 Å². The van der Waals surface area contributed by atoms with Gasteiger partial charge in [0.05, 0.1) is 0 Å². The smallest absolute Gasteiger partial charge is 0.321 e. The SMILES string of the molecule is CCn1c(=O)c(N2CCN(C(=O)Nc3cc(C)ccc3C)CC2)nc2cccnc21. The van der Waals surface area contributed by atoms with Crippen LogP contribution in [0.3, 0.4) is 0 Å². The van der Waals surface area contributed by atoms with Crippen molar-refractivity contribution in [1.29, 1.82) is 0 Å². The molecule has 1 aromatic carbocycles. The minimum absolute atomic E-state index is 0.120. The number of nitrogens with zero attached hydrogens (tertiary/aromatic N) is 5. The number of hydrogen-bond donors (Lipinski definition) is 1. The number of carbonyl (C=O) groups excluding carboxylic acids is 1. The Morgan fingerprint density at radius 1 is 1.13 bits per heavy atom. The van der Waals surface area contributed by atoms with Crippen molar-refractivity contribution in [3.63, 3.8) is 0 Å². The van der Waals surface area contributed by atoms with Gasteiger partial charge in [0.2, 0.25) is 0 Å². The average molecular weight is 406 g/mol. The van der Waals surface area contributed by atoms with Gasteiger partial charge in [-0.1, -0.05) is 12.1 Å². The summed E-state index contributed by atoms with van der Waals surface area (Å²) in [6.07, 6.45) is 1.67. The van der Waals surface area contributed by atoms with E-state index in [4.69, 9.17) is 0 Å². The zero-order chi connectivity index (χ0) is 21.3. The molecule has 3 aromatic rings. The maximum Gasteiger partial charge on any atom is 0.321 e. The van der Waals surface area contributed by atoms with Crippen molar-refractivity contribution in [1.82, 2.24) is 19.4 Å². The first-order valence-electron chi connectivity index (χ1n) is 10.2. The molecule has 1 aliphatic rings. The molecule has 1 N–H and O–H groups in total. The number of rotatable bonds is 3. The molecule has 156 valence electrons. The fourth-order valence-corrected chi connectivity index (χ4v) is 3.75. The van der Waals surface area contributed by atoms with E-state index in [0.717, 1.165) is 16.8 Å². The number of fused-ring (bicyclic) bond motifs is 1. The van der Waals surface area contributed by atoms with Crippen molar-refractivity contribution in [3.05, 3.63) is 58.0 Å². The van der Waals surface area contributed by atoms with E-state index in [-0.39, 0.29) is 11.6 Å². The number of pyridine rings is 1. The van der Waals surface area contributed by atoms with Gasteiger partial charge in [-0.3, -0.25) is 9.36 Å².